The quantitative estimate of drug-likeness (QED) is 0.810. The van der Waals surface area contributed by atoms with Crippen molar-refractivity contribution in [1.82, 2.24) is 4.90 Å². The van der Waals surface area contributed by atoms with Gasteiger partial charge in [-0.25, -0.2) is 0 Å². The molecular weight excluding hydrogens is 320 g/mol. The molecule has 7 heteroatoms. The molecule has 1 heterocycles. The number of ether oxygens (including phenoxy) is 3. The van der Waals surface area contributed by atoms with E-state index in [9.17, 15) is 4.79 Å². The Morgan fingerprint density at radius 2 is 2.13 bits per heavy atom. The van der Waals surface area contributed by atoms with Crippen molar-refractivity contribution in [1.29, 1.82) is 0 Å². The lowest BCUT2D eigenvalue weighted by atomic mass is 10.2. The van der Waals surface area contributed by atoms with Crippen molar-refractivity contribution in [2.24, 2.45) is 5.73 Å². The molecule has 130 valence electrons. The molecular formula is C16H25ClN2O4. The number of nitrogens with zero attached hydrogens (tertiary/aromatic N) is 1. The van der Waals surface area contributed by atoms with Crippen LogP contribution in [-0.4, -0.2) is 56.4 Å². The summed E-state index contributed by atoms with van der Waals surface area (Å²) in [6.07, 6.45) is 0.662. The normalized spacial score (nSPS) is 17.1. The van der Waals surface area contributed by atoms with Crippen LogP contribution in [0.4, 0.5) is 0 Å². The van der Waals surface area contributed by atoms with Gasteiger partial charge in [0.25, 0.3) is 0 Å². The first-order valence-corrected chi connectivity index (χ1v) is 7.57. The summed E-state index contributed by atoms with van der Waals surface area (Å²) in [4.78, 5) is 14.1. The maximum absolute atomic E-state index is 12.4. The molecule has 1 aromatic rings. The van der Waals surface area contributed by atoms with Gasteiger partial charge in [-0.1, -0.05) is 19.1 Å². The van der Waals surface area contributed by atoms with Gasteiger partial charge in [0, 0.05) is 13.7 Å². The van der Waals surface area contributed by atoms with Crippen LogP contribution in [0.3, 0.4) is 0 Å². The molecule has 0 fully saturated rings. The van der Waals surface area contributed by atoms with Gasteiger partial charge in [-0.15, -0.1) is 12.4 Å². The first-order chi connectivity index (χ1) is 10.7. The topological polar surface area (TPSA) is 74.0 Å². The van der Waals surface area contributed by atoms with E-state index < -0.39 is 6.04 Å². The van der Waals surface area contributed by atoms with Crippen molar-refractivity contribution in [2.75, 3.05) is 33.4 Å². The molecule has 2 rings (SSSR count). The monoisotopic (exact) mass is 344 g/mol. The number of amides is 1. The largest absolute Gasteiger partial charge is 0.486 e. The second-order valence-corrected chi connectivity index (χ2v) is 5.34. The van der Waals surface area contributed by atoms with Crippen LogP contribution in [-0.2, 0) is 9.53 Å². The molecule has 1 amide bonds. The summed E-state index contributed by atoms with van der Waals surface area (Å²) in [7, 11) is 1.53. The molecule has 1 aliphatic heterocycles. The van der Waals surface area contributed by atoms with Crippen molar-refractivity contribution < 1.29 is 19.0 Å². The van der Waals surface area contributed by atoms with Crippen LogP contribution < -0.4 is 15.2 Å². The van der Waals surface area contributed by atoms with Crippen LogP contribution in [0.1, 0.15) is 13.3 Å². The zero-order valence-electron chi connectivity index (χ0n) is 13.6. The summed E-state index contributed by atoms with van der Waals surface area (Å²) >= 11 is 0. The summed E-state index contributed by atoms with van der Waals surface area (Å²) in [5, 5.41) is 0. The number of methoxy groups -OCH3 is 1. The lowest BCUT2D eigenvalue weighted by Crippen LogP contribution is -2.51. The van der Waals surface area contributed by atoms with Gasteiger partial charge in [-0.05, 0) is 18.6 Å². The van der Waals surface area contributed by atoms with E-state index in [1.54, 1.807) is 4.90 Å². The van der Waals surface area contributed by atoms with E-state index in [2.05, 4.69) is 0 Å². The zero-order valence-corrected chi connectivity index (χ0v) is 14.4. The number of benzene rings is 1. The van der Waals surface area contributed by atoms with E-state index in [1.807, 2.05) is 31.2 Å². The van der Waals surface area contributed by atoms with Crippen LogP contribution in [0.15, 0.2) is 24.3 Å². The van der Waals surface area contributed by atoms with Crippen LogP contribution >= 0.6 is 12.4 Å². The zero-order chi connectivity index (χ0) is 15.9. The van der Waals surface area contributed by atoms with Gasteiger partial charge in [0.05, 0.1) is 13.2 Å². The van der Waals surface area contributed by atoms with Gasteiger partial charge >= 0.3 is 0 Å². The number of rotatable bonds is 7. The predicted molar refractivity (Wildman–Crippen MR) is 90.3 cm³/mol. The van der Waals surface area contributed by atoms with Crippen LogP contribution in [0, 0.1) is 0 Å². The fourth-order valence-corrected chi connectivity index (χ4v) is 2.45. The highest BCUT2D eigenvalue weighted by atomic mass is 35.5. The number of para-hydroxylation sites is 2. The van der Waals surface area contributed by atoms with Gasteiger partial charge in [0.2, 0.25) is 5.91 Å². The number of hydrogen-bond acceptors (Lipinski definition) is 5. The molecule has 2 N–H and O–H groups in total. The minimum atomic E-state index is -0.645. The second kappa shape index (κ2) is 9.60. The molecule has 0 bridgehead atoms. The number of fused-ring (bicyclic) bond motifs is 1. The van der Waals surface area contributed by atoms with Crippen LogP contribution in [0.2, 0.25) is 0 Å². The third kappa shape index (κ3) is 5.27. The van der Waals surface area contributed by atoms with E-state index in [4.69, 9.17) is 19.9 Å². The molecule has 2 atom stereocenters. The Bertz CT molecular complexity index is 501. The van der Waals surface area contributed by atoms with Crippen molar-refractivity contribution in [2.45, 2.75) is 25.5 Å². The second-order valence-electron chi connectivity index (χ2n) is 5.34. The third-order valence-electron chi connectivity index (χ3n) is 3.46. The van der Waals surface area contributed by atoms with Crippen molar-refractivity contribution in [3.63, 3.8) is 0 Å². The van der Waals surface area contributed by atoms with E-state index in [-0.39, 0.29) is 31.0 Å². The maximum atomic E-state index is 12.4. The summed E-state index contributed by atoms with van der Waals surface area (Å²) in [6, 6.07) is 6.89. The average Bonchev–Trinajstić information content (AvgIpc) is 2.54. The molecule has 23 heavy (non-hydrogen) atoms. The van der Waals surface area contributed by atoms with E-state index in [1.165, 1.54) is 7.11 Å². The summed E-state index contributed by atoms with van der Waals surface area (Å²) in [5.41, 5.74) is 5.85. The Balaban J connectivity index is 0.00000264. The lowest BCUT2D eigenvalue weighted by molar-refractivity contribution is -0.135. The number of carbonyl (C=O) groups excluding carboxylic acids is 1. The van der Waals surface area contributed by atoms with E-state index in [0.717, 1.165) is 12.2 Å². The van der Waals surface area contributed by atoms with Gasteiger partial charge in [0.15, 0.2) is 17.6 Å². The highest BCUT2D eigenvalue weighted by molar-refractivity contribution is 5.85. The Morgan fingerprint density at radius 3 is 2.78 bits per heavy atom. The van der Waals surface area contributed by atoms with Crippen LogP contribution in [0.25, 0.3) is 0 Å². The first kappa shape index (κ1) is 19.5. The van der Waals surface area contributed by atoms with Gasteiger partial charge in [-0.2, -0.15) is 0 Å². The highest BCUT2D eigenvalue weighted by Gasteiger charge is 2.27. The fourth-order valence-electron chi connectivity index (χ4n) is 2.45. The smallest absolute Gasteiger partial charge is 0.242 e. The minimum absolute atomic E-state index is 0. The SMILES string of the molecule is CCCN(CC1COc2ccccc2O1)C(=O)C(N)COC.Cl. The first-order valence-electron chi connectivity index (χ1n) is 7.57. The van der Waals surface area contributed by atoms with Gasteiger partial charge < -0.3 is 24.8 Å². The van der Waals surface area contributed by atoms with E-state index in [0.29, 0.717) is 25.4 Å². The molecule has 1 aliphatic rings. The highest BCUT2D eigenvalue weighted by Crippen LogP contribution is 2.31. The summed E-state index contributed by atoms with van der Waals surface area (Å²) in [6.45, 7) is 3.75. The Hall–Kier alpha value is -1.50. The predicted octanol–water partition coefficient (Wildman–Crippen LogP) is 1.46. The maximum Gasteiger partial charge on any atom is 0.242 e. The molecule has 2 unspecified atom stereocenters. The number of nitrogens with two attached hydrogens (primary N) is 1. The molecule has 0 saturated heterocycles. The number of halogens is 1. The fraction of sp³-hybridized carbons (Fsp3) is 0.562. The minimum Gasteiger partial charge on any atom is -0.486 e. The molecule has 0 spiro atoms. The standard InChI is InChI=1S/C16H24N2O4.ClH/c1-3-8-18(16(19)13(17)11-20-2)9-12-10-21-14-6-4-5-7-15(14)22-12;/h4-7,12-13H,3,8-11,17H2,1-2H3;1H. The van der Waals surface area contributed by atoms with Crippen LogP contribution in [0.5, 0.6) is 11.5 Å². The van der Waals surface area contributed by atoms with Crippen molar-refractivity contribution >= 4 is 18.3 Å². The number of carbonyl (C=O) groups is 1. The Labute approximate surface area is 143 Å². The van der Waals surface area contributed by atoms with Gasteiger partial charge in [-0.3, -0.25) is 4.79 Å². The molecule has 0 aliphatic carbocycles. The molecule has 0 aromatic heterocycles. The molecule has 0 radical (unpaired) electrons. The molecule has 1 aromatic carbocycles. The Kier molecular flexibility index (Phi) is 8.16. The average molecular weight is 345 g/mol. The van der Waals surface area contributed by atoms with Crippen molar-refractivity contribution in [3.05, 3.63) is 24.3 Å². The number of hydrogen-bond donors (Lipinski definition) is 1. The van der Waals surface area contributed by atoms with E-state index >= 15 is 0 Å². The summed E-state index contributed by atoms with van der Waals surface area (Å²) in [5.74, 6) is 1.33. The summed E-state index contributed by atoms with van der Waals surface area (Å²) < 4.78 is 16.6. The third-order valence-corrected chi connectivity index (χ3v) is 3.46. The van der Waals surface area contributed by atoms with Crippen molar-refractivity contribution in [3.8, 4) is 11.5 Å². The molecule has 6 nitrogen and oxygen atoms in total. The van der Waals surface area contributed by atoms with Gasteiger partial charge in [0.1, 0.15) is 12.6 Å². The Morgan fingerprint density at radius 1 is 1.43 bits per heavy atom. The lowest BCUT2D eigenvalue weighted by Gasteiger charge is -2.32. The molecule has 0 saturated carbocycles.